The molecule has 252 valence electrons. The van der Waals surface area contributed by atoms with E-state index in [4.69, 9.17) is 10.5 Å². The summed E-state index contributed by atoms with van der Waals surface area (Å²) in [6.45, 7) is 6.50. The molecule has 10 nitrogen and oxygen atoms in total. The van der Waals surface area contributed by atoms with Gasteiger partial charge in [0, 0.05) is 24.8 Å². The van der Waals surface area contributed by atoms with Gasteiger partial charge in [0.15, 0.2) is 0 Å². The number of benzene rings is 3. The largest absolute Gasteiger partial charge is 0.493 e. The van der Waals surface area contributed by atoms with Crippen molar-refractivity contribution in [1.29, 1.82) is 0 Å². The maximum atomic E-state index is 13.9. The Bertz CT molecular complexity index is 1530. The van der Waals surface area contributed by atoms with Crippen LogP contribution in [0.1, 0.15) is 76.5 Å². The minimum Gasteiger partial charge on any atom is -0.493 e. The minimum absolute atomic E-state index is 0.216. The Morgan fingerprint density at radius 3 is 2.34 bits per heavy atom. The lowest BCUT2D eigenvalue weighted by molar-refractivity contribution is -0.135. The fourth-order valence-corrected chi connectivity index (χ4v) is 5.85. The van der Waals surface area contributed by atoms with E-state index in [1.54, 1.807) is 6.92 Å². The normalized spacial score (nSPS) is 16.5. The number of hydrogen-bond acceptors (Lipinski definition) is 6. The van der Waals surface area contributed by atoms with Gasteiger partial charge >= 0.3 is 0 Å². The second-order valence-corrected chi connectivity index (χ2v) is 12.3. The number of nitrogens with two attached hydrogens (primary N) is 1. The van der Waals surface area contributed by atoms with Crippen LogP contribution in [-0.4, -0.2) is 54.9 Å². The van der Waals surface area contributed by atoms with E-state index in [1.807, 2.05) is 80.6 Å². The molecule has 6 N–H and O–H groups in total. The second kappa shape index (κ2) is 17.5. The van der Waals surface area contributed by atoms with Crippen LogP contribution in [0.4, 0.5) is 0 Å². The molecule has 47 heavy (non-hydrogen) atoms. The number of amides is 4. The average Bonchev–Trinajstić information content (AvgIpc) is 3.09. The summed E-state index contributed by atoms with van der Waals surface area (Å²) < 4.78 is 5.75. The highest BCUT2D eigenvalue weighted by Crippen LogP contribution is 2.31. The summed E-state index contributed by atoms with van der Waals surface area (Å²) in [6, 6.07) is 18.6. The van der Waals surface area contributed by atoms with Crippen molar-refractivity contribution in [3.05, 3.63) is 77.9 Å². The van der Waals surface area contributed by atoms with Crippen LogP contribution in [0.15, 0.2) is 66.7 Å². The zero-order valence-electron chi connectivity index (χ0n) is 27.7. The summed E-state index contributed by atoms with van der Waals surface area (Å²) in [5, 5.41) is 13.9. The maximum Gasteiger partial charge on any atom is 0.243 e. The lowest BCUT2D eigenvalue weighted by Crippen LogP contribution is -2.59. The molecule has 0 bridgehead atoms. The molecule has 0 saturated heterocycles. The van der Waals surface area contributed by atoms with Gasteiger partial charge in [0.1, 0.15) is 23.9 Å². The Morgan fingerprint density at radius 2 is 1.60 bits per heavy atom. The van der Waals surface area contributed by atoms with Gasteiger partial charge in [-0.25, -0.2) is 0 Å². The average molecular weight is 644 g/mol. The van der Waals surface area contributed by atoms with E-state index in [-0.39, 0.29) is 36.6 Å². The Balaban J connectivity index is 1.50. The van der Waals surface area contributed by atoms with Gasteiger partial charge in [-0.15, -0.1) is 0 Å². The van der Waals surface area contributed by atoms with Gasteiger partial charge in [-0.05, 0) is 54.1 Å². The van der Waals surface area contributed by atoms with Crippen molar-refractivity contribution in [2.24, 2.45) is 11.7 Å². The van der Waals surface area contributed by atoms with Gasteiger partial charge in [0.05, 0.1) is 12.6 Å². The molecule has 3 aromatic carbocycles. The third kappa shape index (κ3) is 9.78. The molecule has 0 radical (unpaired) electrons. The summed E-state index contributed by atoms with van der Waals surface area (Å²) in [6.07, 6.45) is 3.45. The molecule has 3 aromatic rings. The maximum absolute atomic E-state index is 13.9. The van der Waals surface area contributed by atoms with Crippen molar-refractivity contribution in [2.45, 2.75) is 89.9 Å². The quantitative estimate of drug-likeness (QED) is 0.149. The molecule has 0 saturated carbocycles. The Morgan fingerprint density at radius 1 is 0.851 bits per heavy atom. The molecular weight excluding hydrogens is 594 g/mol. The van der Waals surface area contributed by atoms with Gasteiger partial charge in [-0.1, -0.05) is 87.9 Å². The summed E-state index contributed by atoms with van der Waals surface area (Å²) in [7, 11) is 0. The van der Waals surface area contributed by atoms with Crippen LogP contribution in [0.5, 0.6) is 5.75 Å². The van der Waals surface area contributed by atoms with E-state index in [0.29, 0.717) is 45.3 Å². The van der Waals surface area contributed by atoms with Gasteiger partial charge < -0.3 is 31.7 Å². The number of nitrogens with one attached hydrogen (secondary N) is 4. The van der Waals surface area contributed by atoms with E-state index < -0.39 is 29.9 Å². The van der Waals surface area contributed by atoms with Crippen molar-refractivity contribution < 1.29 is 23.9 Å². The Kier molecular flexibility index (Phi) is 13.2. The minimum atomic E-state index is -0.918. The van der Waals surface area contributed by atoms with Crippen molar-refractivity contribution >= 4 is 34.4 Å². The van der Waals surface area contributed by atoms with Crippen LogP contribution in [0.3, 0.4) is 0 Å². The van der Waals surface area contributed by atoms with Crippen LogP contribution < -0.4 is 31.7 Å². The highest BCUT2D eigenvalue weighted by Gasteiger charge is 2.33. The smallest absolute Gasteiger partial charge is 0.243 e. The number of unbranched alkanes of at least 4 members (excludes halogenated alkanes) is 1. The topological polar surface area (TPSA) is 152 Å². The predicted octanol–water partition coefficient (Wildman–Crippen LogP) is 4.06. The summed E-state index contributed by atoms with van der Waals surface area (Å²) in [5.74, 6) is -0.960. The zero-order valence-corrected chi connectivity index (χ0v) is 27.7. The third-order valence-electron chi connectivity index (χ3n) is 8.87. The van der Waals surface area contributed by atoms with Gasteiger partial charge in [0.2, 0.25) is 23.6 Å². The highest BCUT2D eigenvalue weighted by molar-refractivity contribution is 5.94. The first-order valence-electron chi connectivity index (χ1n) is 16.8. The fourth-order valence-electron chi connectivity index (χ4n) is 5.85. The van der Waals surface area contributed by atoms with Crippen LogP contribution in [-0.2, 0) is 25.6 Å². The summed E-state index contributed by atoms with van der Waals surface area (Å²) in [4.78, 5) is 53.8. The molecular formula is C37H49N5O5. The first-order chi connectivity index (χ1) is 22.7. The number of hydrogen-bond donors (Lipinski definition) is 5. The molecule has 0 fully saturated rings. The van der Waals surface area contributed by atoms with Crippen LogP contribution in [0.25, 0.3) is 10.8 Å². The van der Waals surface area contributed by atoms with Gasteiger partial charge in [-0.2, -0.15) is 0 Å². The molecule has 1 heterocycles. The molecule has 1 aliphatic rings. The van der Waals surface area contributed by atoms with Crippen molar-refractivity contribution in [3.8, 4) is 5.75 Å². The number of ether oxygens (including phenoxy) is 1. The molecule has 10 heteroatoms. The predicted molar refractivity (Wildman–Crippen MR) is 184 cm³/mol. The Hall–Kier alpha value is -4.44. The van der Waals surface area contributed by atoms with Gasteiger partial charge in [0.25, 0.3) is 0 Å². The number of para-hydroxylation sites is 1. The molecule has 0 spiro atoms. The molecule has 0 unspecified atom stereocenters. The van der Waals surface area contributed by atoms with E-state index in [9.17, 15) is 19.2 Å². The monoisotopic (exact) mass is 643 g/mol. The molecule has 1 aliphatic heterocycles. The lowest BCUT2D eigenvalue weighted by Gasteiger charge is -2.30. The van der Waals surface area contributed by atoms with Crippen molar-refractivity contribution in [1.82, 2.24) is 21.3 Å². The van der Waals surface area contributed by atoms with Crippen molar-refractivity contribution in [2.75, 3.05) is 13.2 Å². The highest BCUT2D eigenvalue weighted by atomic mass is 16.5. The van der Waals surface area contributed by atoms with Crippen LogP contribution >= 0.6 is 0 Å². The summed E-state index contributed by atoms with van der Waals surface area (Å²) in [5.41, 5.74) is 7.52. The van der Waals surface area contributed by atoms with Crippen molar-refractivity contribution in [3.63, 3.8) is 0 Å². The standard InChI is InChI=1S/C37H49N5O5/c1-4-24(3)34(42-36(45)31(39-33(43)5-2)23-25-17-18-26-12-6-7-13-27(26)22-25)37(46)41-30(15-10-11-20-38)35(44)40-29-19-21-47-32-16-9-8-14-28(29)32/h6-9,12-14,16-18,22,24,29-31,34H,4-5,10-11,15,19-21,23,38H2,1-3H3,(H,39,43)(H,40,44)(H,41,46)(H,42,45)/t24-,29-,30-,31-,34-/m0/s1. The SMILES string of the molecule is CCC(=O)N[C@@H](Cc1ccc2ccccc2c1)C(=O)N[C@H](C(=O)N[C@@H](CCCCN)C(=O)N[C@H]1CCOc2ccccc21)[C@@H](C)CC. The van der Waals surface area contributed by atoms with E-state index in [2.05, 4.69) is 21.3 Å². The first kappa shape index (κ1) is 35.4. The second-order valence-electron chi connectivity index (χ2n) is 12.3. The first-order valence-corrected chi connectivity index (χ1v) is 16.8. The molecule has 4 amide bonds. The zero-order chi connectivity index (χ0) is 33.8. The molecule has 0 aliphatic carbocycles. The van der Waals surface area contributed by atoms with Gasteiger partial charge in [-0.3, -0.25) is 19.2 Å². The molecule has 4 rings (SSSR count). The Labute approximate surface area is 277 Å². The number of carbonyl (C=O) groups is 4. The van der Waals surface area contributed by atoms with E-state index in [1.165, 1.54) is 0 Å². The fraction of sp³-hybridized carbons (Fsp3) is 0.459. The van der Waals surface area contributed by atoms with E-state index in [0.717, 1.165) is 27.6 Å². The van der Waals surface area contributed by atoms with Crippen LogP contribution in [0, 0.1) is 5.92 Å². The molecule has 5 atom stereocenters. The molecule has 0 aromatic heterocycles. The van der Waals surface area contributed by atoms with Crippen LogP contribution in [0.2, 0.25) is 0 Å². The number of fused-ring (bicyclic) bond motifs is 2. The summed E-state index contributed by atoms with van der Waals surface area (Å²) >= 11 is 0. The number of rotatable bonds is 16. The van der Waals surface area contributed by atoms with E-state index >= 15 is 0 Å². The third-order valence-corrected chi connectivity index (χ3v) is 8.87. The number of carbonyl (C=O) groups excluding carboxylic acids is 4. The lowest BCUT2D eigenvalue weighted by atomic mass is 9.95.